The average Bonchev–Trinajstić information content (AvgIpc) is 2.82. The van der Waals surface area contributed by atoms with E-state index in [2.05, 4.69) is 43.4 Å². The summed E-state index contributed by atoms with van der Waals surface area (Å²) in [6, 6.07) is 9.15. The van der Waals surface area contributed by atoms with Crippen LogP contribution in [0.3, 0.4) is 0 Å². The Morgan fingerprint density at radius 3 is 2.65 bits per heavy atom. The van der Waals surface area contributed by atoms with Crippen LogP contribution in [0.2, 0.25) is 0 Å². The number of hydrogen-bond donors (Lipinski definition) is 1. The maximum Gasteiger partial charge on any atom is 0.163 e. The molecule has 1 heterocycles. The zero-order valence-corrected chi connectivity index (χ0v) is 12.9. The fourth-order valence-corrected chi connectivity index (χ4v) is 3.49. The molecule has 0 spiro atoms. The van der Waals surface area contributed by atoms with Gasteiger partial charge in [0.15, 0.2) is 5.79 Å². The van der Waals surface area contributed by atoms with Crippen LogP contribution >= 0.6 is 0 Å². The molecule has 0 radical (unpaired) electrons. The van der Waals surface area contributed by atoms with Crippen LogP contribution in [0.1, 0.15) is 44.9 Å². The molecule has 0 saturated carbocycles. The summed E-state index contributed by atoms with van der Waals surface area (Å²) in [7, 11) is 0. The molecule has 0 bridgehead atoms. The molecule has 1 aliphatic heterocycles. The summed E-state index contributed by atoms with van der Waals surface area (Å²) in [5.74, 6) is -0.435. The topological polar surface area (TPSA) is 30.5 Å². The second-order valence-electron chi connectivity index (χ2n) is 7.16. The van der Waals surface area contributed by atoms with Gasteiger partial charge in [-0.25, -0.2) is 0 Å². The molecule has 2 atom stereocenters. The minimum atomic E-state index is -0.435. The first-order valence-electron chi connectivity index (χ1n) is 7.50. The van der Waals surface area contributed by atoms with E-state index in [1.165, 1.54) is 11.1 Å². The van der Waals surface area contributed by atoms with Gasteiger partial charge in [0.1, 0.15) is 0 Å². The van der Waals surface area contributed by atoms with Crippen LogP contribution in [0.5, 0.6) is 0 Å². The van der Waals surface area contributed by atoms with Gasteiger partial charge in [-0.05, 0) is 36.8 Å². The Bertz CT molecular complexity index is 496. The molecule has 1 saturated heterocycles. The smallest absolute Gasteiger partial charge is 0.163 e. The van der Waals surface area contributed by atoms with Crippen LogP contribution in [0, 0.1) is 5.41 Å². The summed E-state index contributed by atoms with van der Waals surface area (Å²) in [5, 5.41) is 3.70. The number of fused-ring (bicyclic) bond motifs is 1. The Hall–Kier alpha value is -0.900. The number of benzene rings is 1. The quantitative estimate of drug-likeness (QED) is 0.919. The third-order valence-electron chi connectivity index (χ3n) is 4.41. The lowest BCUT2D eigenvalue weighted by molar-refractivity contribution is -0.138. The van der Waals surface area contributed by atoms with E-state index in [0.717, 1.165) is 13.0 Å². The van der Waals surface area contributed by atoms with Crippen molar-refractivity contribution in [2.75, 3.05) is 13.2 Å². The van der Waals surface area contributed by atoms with Crippen molar-refractivity contribution in [2.24, 2.45) is 5.41 Å². The highest BCUT2D eigenvalue weighted by Gasteiger charge is 2.39. The van der Waals surface area contributed by atoms with Crippen LogP contribution in [0.4, 0.5) is 0 Å². The Labute approximate surface area is 121 Å². The van der Waals surface area contributed by atoms with Crippen LogP contribution < -0.4 is 5.32 Å². The minimum Gasteiger partial charge on any atom is -0.348 e. The molecule has 1 aromatic rings. The molecule has 1 aliphatic carbocycles. The Morgan fingerprint density at radius 1 is 1.20 bits per heavy atom. The summed E-state index contributed by atoms with van der Waals surface area (Å²) in [4.78, 5) is 0. The third kappa shape index (κ3) is 2.62. The van der Waals surface area contributed by atoms with Gasteiger partial charge in [-0.3, -0.25) is 0 Å². The molecule has 2 aliphatic rings. The van der Waals surface area contributed by atoms with E-state index < -0.39 is 5.79 Å². The van der Waals surface area contributed by atoms with Crippen molar-refractivity contribution in [3.63, 3.8) is 0 Å². The van der Waals surface area contributed by atoms with Gasteiger partial charge in [0, 0.05) is 12.6 Å². The van der Waals surface area contributed by atoms with Crippen molar-refractivity contribution in [3.8, 4) is 0 Å². The first kappa shape index (κ1) is 14.1. The molecule has 3 rings (SSSR count). The zero-order chi connectivity index (χ0) is 14.4. The molecule has 3 heteroatoms. The normalized spacial score (nSPS) is 30.4. The first-order valence-corrected chi connectivity index (χ1v) is 7.50. The van der Waals surface area contributed by atoms with Gasteiger partial charge < -0.3 is 14.8 Å². The highest BCUT2D eigenvalue weighted by atomic mass is 16.7. The van der Waals surface area contributed by atoms with E-state index in [0.29, 0.717) is 12.6 Å². The second kappa shape index (κ2) is 4.83. The SMILES string of the molecule is CC1(C)OCC(CNC2c3ccccc3CC2(C)C)O1. The predicted molar refractivity (Wildman–Crippen MR) is 79.6 cm³/mol. The molecular weight excluding hydrogens is 250 g/mol. The van der Waals surface area contributed by atoms with Crippen LogP contribution in [-0.2, 0) is 15.9 Å². The number of hydrogen-bond acceptors (Lipinski definition) is 3. The maximum atomic E-state index is 5.88. The van der Waals surface area contributed by atoms with Crippen molar-refractivity contribution < 1.29 is 9.47 Å². The Kier molecular flexibility index (Phi) is 3.39. The van der Waals surface area contributed by atoms with E-state index in [9.17, 15) is 0 Å². The lowest BCUT2D eigenvalue weighted by atomic mass is 9.85. The summed E-state index contributed by atoms with van der Waals surface area (Å²) in [5.41, 5.74) is 3.16. The number of ether oxygens (including phenoxy) is 2. The molecule has 110 valence electrons. The molecule has 1 N–H and O–H groups in total. The predicted octanol–water partition coefficient (Wildman–Crippen LogP) is 3.05. The van der Waals surface area contributed by atoms with Crippen LogP contribution in [0.15, 0.2) is 24.3 Å². The Balaban J connectivity index is 1.68. The average molecular weight is 275 g/mol. The van der Waals surface area contributed by atoms with Crippen molar-refractivity contribution in [1.29, 1.82) is 0 Å². The monoisotopic (exact) mass is 275 g/mol. The summed E-state index contributed by atoms with van der Waals surface area (Å²) in [6.45, 7) is 10.1. The number of rotatable bonds is 3. The zero-order valence-electron chi connectivity index (χ0n) is 12.9. The van der Waals surface area contributed by atoms with E-state index in [1.807, 2.05) is 13.8 Å². The fraction of sp³-hybridized carbons (Fsp3) is 0.647. The molecule has 0 amide bonds. The van der Waals surface area contributed by atoms with Gasteiger partial charge in [0.25, 0.3) is 0 Å². The van der Waals surface area contributed by atoms with E-state index in [1.54, 1.807) is 0 Å². The maximum absolute atomic E-state index is 5.88. The lowest BCUT2D eigenvalue weighted by Crippen LogP contribution is -2.37. The Morgan fingerprint density at radius 2 is 1.95 bits per heavy atom. The molecule has 3 nitrogen and oxygen atoms in total. The summed E-state index contributed by atoms with van der Waals surface area (Å²) < 4.78 is 11.5. The van der Waals surface area contributed by atoms with Gasteiger partial charge in [0.05, 0.1) is 12.7 Å². The largest absolute Gasteiger partial charge is 0.348 e. The first-order chi connectivity index (χ1) is 9.37. The molecule has 1 fully saturated rings. The highest BCUT2D eigenvalue weighted by Crippen LogP contribution is 2.45. The standard InChI is InChI=1S/C17H25NO2/c1-16(2)9-12-7-5-6-8-14(12)15(16)18-10-13-11-19-17(3,4)20-13/h5-8,13,15,18H,9-11H2,1-4H3. The van der Waals surface area contributed by atoms with Gasteiger partial charge in [0.2, 0.25) is 0 Å². The molecular formula is C17H25NO2. The van der Waals surface area contributed by atoms with E-state index in [4.69, 9.17) is 9.47 Å². The van der Waals surface area contributed by atoms with Gasteiger partial charge >= 0.3 is 0 Å². The van der Waals surface area contributed by atoms with Crippen LogP contribution in [0.25, 0.3) is 0 Å². The van der Waals surface area contributed by atoms with Crippen molar-refractivity contribution in [3.05, 3.63) is 35.4 Å². The summed E-state index contributed by atoms with van der Waals surface area (Å²) >= 11 is 0. The third-order valence-corrected chi connectivity index (χ3v) is 4.41. The summed E-state index contributed by atoms with van der Waals surface area (Å²) in [6.07, 6.45) is 1.28. The lowest BCUT2D eigenvalue weighted by Gasteiger charge is -2.29. The molecule has 20 heavy (non-hydrogen) atoms. The van der Waals surface area contributed by atoms with E-state index in [-0.39, 0.29) is 11.5 Å². The van der Waals surface area contributed by atoms with Gasteiger partial charge in [-0.15, -0.1) is 0 Å². The van der Waals surface area contributed by atoms with Crippen LogP contribution in [-0.4, -0.2) is 25.0 Å². The minimum absolute atomic E-state index is 0.147. The highest BCUT2D eigenvalue weighted by molar-refractivity contribution is 5.37. The van der Waals surface area contributed by atoms with Crippen molar-refractivity contribution in [2.45, 2.75) is 52.0 Å². The fourth-order valence-electron chi connectivity index (χ4n) is 3.49. The van der Waals surface area contributed by atoms with E-state index >= 15 is 0 Å². The second-order valence-corrected chi connectivity index (χ2v) is 7.16. The number of nitrogens with one attached hydrogen (secondary N) is 1. The molecule has 2 unspecified atom stereocenters. The van der Waals surface area contributed by atoms with Gasteiger partial charge in [-0.1, -0.05) is 38.1 Å². The molecule has 1 aromatic carbocycles. The van der Waals surface area contributed by atoms with Gasteiger partial charge in [-0.2, -0.15) is 0 Å². The van der Waals surface area contributed by atoms with Crippen molar-refractivity contribution in [1.82, 2.24) is 5.32 Å². The molecule has 0 aromatic heterocycles. The van der Waals surface area contributed by atoms with Crippen molar-refractivity contribution >= 4 is 0 Å².